The van der Waals surface area contributed by atoms with Crippen molar-refractivity contribution in [1.29, 1.82) is 0 Å². The first kappa shape index (κ1) is 22.2. The zero-order valence-electron chi connectivity index (χ0n) is 19.6. The summed E-state index contributed by atoms with van der Waals surface area (Å²) in [4.78, 5) is 15.6. The normalized spacial score (nSPS) is 16.0. The molecular weight excluding hydrogens is 500 g/mol. The molecule has 7 rings (SSSR count). The fraction of sp³-hybridized carbons (Fsp3) is 0.0667. The van der Waals surface area contributed by atoms with E-state index < -0.39 is 0 Å². The van der Waals surface area contributed by atoms with Crippen molar-refractivity contribution in [2.24, 2.45) is 0 Å². The second-order valence-corrected chi connectivity index (χ2v) is 10.6. The molecule has 37 heavy (non-hydrogen) atoms. The summed E-state index contributed by atoms with van der Waals surface area (Å²) in [6.45, 7) is 0.914. The van der Waals surface area contributed by atoms with Gasteiger partial charge >= 0.3 is 0 Å². The van der Waals surface area contributed by atoms with E-state index in [-0.39, 0.29) is 12.7 Å². The minimum absolute atomic E-state index is 0.139. The van der Waals surface area contributed by atoms with Crippen LogP contribution in [0.2, 0.25) is 0 Å². The molecule has 7 heteroatoms. The Morgan fingerprint density at radius 3 is 2.62 bits per heavy atom. The molecule has 180 valence electrons. The maximum absolute atomic E-state index is 13.4. The van der Waals surface area contributed by atoms with Crippen molar-refractivity contribution >= 4 is 67.6 Å². The highest BCUT2D eigenvalue weighted by atomic mass is 32.2. The van der Waals surface area contributed by atoms with E-state index >= 15 is 0 Å². The lowest BCUT2D eigenvalue weighted by Crippen LogP contribution is -2.27. The molecule has 0 N–H and O–H groups in total. The van der Waals surface area contributed by atoms with Gasteiger partial charge in [0.25, 0.3) is 5.91 Å². The quantitative estimate of drug-likeness (QED) is 0.189. The first-order chi connectivity index (χ1) is 18.1. The Balaban J connectivity index is 1.23. The van der Waals surface area contributed by atoms with Crippen LogP contribution >= 0.6 is 24.0 Å². The minimum atomic E-state index is -0.139. The van der Waals surface area contributed by atoms with E-state index in [1.165, 1.54) is 28.1 Å². The molecule has 0 atom stereocenters. The molecule has 0 bridgehead atoms. The summed E-state index contributed by atoms with van der Waals surface area (Å²) in [5.41, 5.74) is 4.00. The number of thioether (sulfide) groups is 1. The highest BCUT2D eigenvalue weighted by Gasteiger charge is 2.34. The molecule has 3 heterocycles. The van der Waals surface area contributed by atoms with E-state index in [0.717, 1.165) is 23.0 Å². The summed E-state index contributed by atoms with van der Waals surface area (Å²) >= 11 is 6.91. The van der Waals surface area contributed by atoms with Crippen LogP contribution in [0.15, 0.2) is 96.0 Å². The van der Waals surface area contributed by atoms with Gasteiger partial charge < -0.3 is 14.0 Å². The van der Waals surface area contributed by atoms with Crippen molar-refractivity contribution in [2.75, 3.05) is 11.7 Å². The molecule has 2 aliphatic rings. The number of rotatable bonds is 4. The Morgan fingerprint density at radius 1 is 0.892 bits per heavy atom. The summed E-state index contributed by atoms with van der Waals surface area (Å²) in [5, 5.41) is 3.55. The van der Waals surface area contributed by atoms with Gasteiger partial charge in [-0.3, -0.25) is 9.69 Å². The van der Waals surface area contributed by atoms with E-state index in [2.05, 4.69) is 65.4 Å². The van der Waals surface area contributed by atoms with Crippen LogP contribution in [0.5, 0.6) is 11.5 Å². The molecule has 0 radical (unpaired) electrons. The van der Waals surface area contributed by atoms with Crippen molar-refractivity contribution in [2.45, 2.75) is 6.54 Å². The molecule has 0 saturated carbocycles. The lowest BCUT2D eigenvalue weighted by molar-refractivity contribution is -0.113. The van der Waals surface area contributed by atoms with E-state index in [4.69, 9.17) is 21.7 Å². The fourth-order valence-electron chi connectivity index (χ4n) is 4.91. The molecule has 5 aromatic rings. The van der Waals surface area contributed by atoms with Gasteiger partial charge in [0.05, 0.1) is 10.6 Å². The third-order valence-corrected chi connectivity index (χ3v) is 7.98. The van der Waals surface area contributed by atoms with Gasteiger partial charge in [-0.05, 0) is 46.7 Å². The Bertz CT molecular complexity index is 1770. The van der Waals surface area contributed by atoms with Gasteiger partial charge in [-0.25, -0.2) is 0 Å². The molecule has 4 aromatic carbocycles. The van der Waals surface area contributed by atoms with Gasteiger partial charge in [-0.15, -0.1) is 0 Å². The average Bonchev–Trinajstić information content (AvgIpc) is 3.60. The number of carbonyl (C=O) groups is 1. The summed E-state index contributed by atoms with van der Waals surface area (Å²) in [7, 11) is 0. The highest BCUT2D eigenvalue weighted by molar-refractivity contribution is 8.27. The van der Waals surface area contributed by atoms with Crippen molar-refractivity contribution in [3.8, 4) is 11.5 Å². The van der Waals surface area contributed by atoms with Gasteiger partial charge in [-0.2, -0.15) is 0 Å². The van der Waals surface area contributed by atoms with Crippen LogP contribution in [0.1, 0.15) is 11.1 Å². The summed E-state index contributed by atoms with van der Waals surface area (Å²) in [5.74, 6) is 1.15. The van der Waals surface area contributed by atoms with E-state index in [0.29, 0.717) is 26.4 Å². The van der Waals surface area contributed by atoms with Crippen LogP contribution in [0, 0.1) is 0 Å². The highest BCUT2D eigenvalue weighted by Crippen LogP contribution is 2.41. The Labute approximate surface area is 222 Å². The molecule has 1 fully saturated rings. The second-order valence-electron chi connectivity index (χ2n) is 8.97. The van der Waals surface area contributed by atoms with Crippen LogP contribution in [-0.2, 0) is 11.3 Å². The smallest absolute Gasteiger partial charge is 0.270 e. The zero-order valence-corrected chi connectivity index (χ0v) is 21.2. The van der Waals surface area contributed by atoms with Crippen LogP contribution in [0.4, 0.5) is 5.69 Å². The average molecular weight is 521 g/mol. The number of aromatic nitrogens is 1. The number of carbonyl (C=O) groups excluding carboxylic acids is 1. The lowest BCUT2D eigenvalue weighted by Gasteiger charge is -2.14. The number of hydrogen-bond acceptors (Lipinski definition) is 5. The van der Waals surface area contributed by atoms with Crippen LogP contribution in [0.25, 0.3) is 27.8 Å². The standard InChI is InChI=1S/C30H20N2O3S2/c33-29-28(37-30(36)32(29)23-11-12-26-27(15-23)35-18-34-26)14-22-17-31(25-8-4-3-7-24(22)25)16-19-9-10-20-5-1-2-6-21(20)13-19/h1-15,17H,16,18H2/b28-14-. The van der Waals surface area contributed by atoms with Gasteiger partial charge in [0.1, 0.15) is 0 Å². The predicted octanol–water partition coefficient (Wildman–Crippen LogP) is 6.98. The number of hydrogen-bond donors (Lipinski definition) is 0. The lowest BCUT2D eigenvalue weighted by atomic mass is 10.1. The summed E-state index contributed by atoms with van der Waals surface area (Å²) in [6.07, 6.45) is 4.07. The van der Waals surface area contributed by atoms with E-state index in [1.54, 1.807) is 17.0 Å². The maximum Gasteiger partial charge on any atom is 0.270 e. The Hall–Kier alpha value is -4.07. The zero-order chi connectivity index (χ0) is 24.9. The Kier molecular flexibility index (Phi) is 5.27. The van der Waals surface area contributed by atoms with Crippen molar-refractivity contribution in [3.63, 3.8) is 0 Å². The van der Waals surface area contributed by atoms with Gasteiger partial charge in [-0.1, -0.05) is 78.6 Å². The van der Waals surface area contributed by atoms with Crippen molar-refractivity contribution < 1.29 is 14.3 Å². The minimum Gasteiger partial charge on any atom is -0.454 e. The second kappa shape index (κ2) is 8.80. The number of nitrogens with zero attached hydrogens (tertiary/aromatic N) is 2. The third kappa shape index (κ3) is 3.87. The monoisotopic (exact) mass is 520 g/mol. The number of thiocarbonyl (C=S) groups is 1. The molecule has 0 aliphatic carbocycles. The molecule has 0 spiro atoms. The first-order valence-electron chi connectivity index (χ1n) is 11.9. The molecule has 2 aliphatic heterocycles. The Morgan fingerprint density at radius 2 is 1.70 bits per heavy atom. The topological polar surface area (TPSA) is 43.7 Å². The van der Waals surface area contributed by atoms with Crippen LogP contribution in [-0.4, -0.2) is 21.6 Å². The van der Waals surface area contributed by atoms with Crippen molar-refractivity contribution in [3.05, 3.63) is 107 Å². The van der Waals surface area contributed by atoms with Crippen LogP contribution < -0.4 is 14.4 Å². The predicted molar refractivity (Wildman–Crippen MR) is 153 cm³/mol. The van der Waals surface area contributed by atoms with Gasteiger partial charge in [0.2, 0.25) is 6.79 Å². The maximum atomic E-state index is 13.4. The fourth-order valence-corrected chi connectivity index (χ4v) is 6.20. The van der Waals surface area contributed by atoms with Gasteiger partial charge in [0.15, 0.2) is 15.8 Å². The van der Waals surface area contributed by atoms with E-state index in [1.807, 2.05) is 24.3 Å². The number of para-hydroxylation sites is 1. The number of anilines is 1. The largest absolute Gasteiger partial charge is 0.454 e. The molecule has 5 nitrogen and oxygen atoms in total. The SMILES string of the molecule is O=C1/C(=C/c2cn(Cc3ccc4ccccc4c3)c3ccccc23)SC(=S)N1c1ccc2c(c1)OCO2. The number of amides is 1. The van der Waals surface area contributed by atoms with E-state index in [9.17, 15) is 4.79 Å². The molecule has 1 aromatic heterocycles. The van der Waals surface area contributed by atoms with Crippen LogP contribution in [0.3, 0.4) is 0 Å². The molecule has 1 amide bonds. The third-order valence-electron chi connectivity index (χ3n) is 6.68. The van der Waals surface area contributed by atoms with Crippen molar-refractivity contribution in [1.82, 2.24) is 4.57 Å². The number of ether oxygens (including phenoxy) is 2. The first-order valence-corrected chi connectivity index (χ1v) is 13.1. The number of benzene rings is 4. The molecule has 1 saturated heterocycles. The summed E-state index contributed by atoms with van der Waals surface area (Å²) in [6, 6.07) is 28.7. The van der Waals surface area contributed by atoms with Gasteiger partial charge in [0, 0.05) is 35.3 Å². The number of fused-ring (bicyclic) bond motifs is 3. The summed E-state index contributed by atoms with van der Waals surface area (Å²) < 4.78 is 13.6. The molecule has 0 unspecified atom stereocenters. The molecular formula is C30H20N2O3S2.